The molecule has 3 N–H and O–H groups in total. The number of nitrogens with one attached hydrogen (secondary N) is 1. The third-order valence-electron chi connectivity index (χ3n) is 3.01. The van der Waals surface area contributed by atoms with Crippen molar-refractivity contribution < 1.29 is 0 Å². The largest absolute Gasteiger partial charge is 0.398 e. The fourth-order valence-electron chi connectivity index (χ4n) is 2.24. The second kappa shape index (κ2) is 3.64. The molecule has 5 heteroatoms. The fraction of sp³-hybridized carbons (Fsp3) is 0.364. The molecule has 2 aromatic heterocycles. The number of fused-ring (bicyclic) bond motifs is 1. The van der Waals surface area contributed by atoms with Gasteiger partial charge in [0.25, 0.3) is 0 Å². The number of anilines is 1. The van der Waals surface area contributed by atoms with Crippen LogP contribution in [0.4, 0.5) is 5.69 Å². The molecule has 1 fully saturated rings. The smallest absolute Gasteiger partial charge is 0.155 e. The Bertz CT molecular complexity index is 528. The lowest BCUT2D eigenvalue weighted by Crippen LogP contribution is -2.15. The number of halogens is 1. The summed E-state index contributed by atoms with van der Waals surface area (Å²) in [4.78, 5) is 4.42. The van der Waals surface area contributed by atoms with Gasteiger partial charge in [-0.2, -0.15) is 0 Å². The van der Waals surface area contributed by atoms with Gasteiger partial charge in [0.1, 0.15) is 5.82 Å². The van der Waals surface area contributed by atoms with E-state index in [4.69, 9.17) is 17.3 Å². The first kappa shape index (κ1) is 9.93. The minimum Gasteiger partial charge on any atom is -0.398 e. The van der Waals surface area contributed by atoms with Gasteiger partial charge in [-0.15, -0.1) is 0 Å². The van der Waals surface area contributed by atoms with Gasteiger partial charge in [0.05, 0.1) is 11.6 Å². The number of nitrogens with two attached hydrogens (primary N) is 1. The summed E-state index contributed by atoms with van der Waals surface area (Å²) < 4.78 is 1.99. The molecule has 0 aliphatic carbocycles. The first-order valence-corrected chi connectivity index (χ1v) is 5.80. The number of imidazole rings is 1. The molecule has 0 amide bonds. The Balaban J connectivity index is 2.19. The summed E-state index contributed by atoms with van der Waals surface area (Å²) in [5, 5.41) is 3.96. The molecule has 0 radical (unpaired) electrons. The van der Waals surface area contributed by atoms with Crippen LogP contribution in [0.1, 0.15) is 24.7 Å². The zero-order valence-corrected chi connectivity index (χ0v) is 9.54. The number of hydrogen-bond donors (Lipinski definition) is 2. The van der Waals surface area contributed by atoms with Gasteiger partial charge in [-0.05, 0) is 31.5 Å². The third-order valence-corrected chi connectivity index (χ3v) is 3.29. The zero-order chi connectivity index (χ0) is 11.1. The summed E-state index contributed by atoms with van der Waals surface area (Å²) in [7, 11) is 0. The lowest BCUT2D eigenvalue weighted by molar-refractivity contribution is 0.603. The molecule has 3 heterocycles. The molecular formula is C11H13ClN4. The number of pyridine rings is 1. The van der Waals surface area contributed by atoms with Crippen molar-refractivity contribution in [3.05, 3.63) is 29.3 Å². The maximum atomic E-state index is 6.11. The van der Waals surface area contributed by atoms with E-state index in [1.165, 1.54) is 6.42 Å². The molecule has 2 aromatic rings. The van der Waals surface area contributed by atoms with Crippen molar-refractivity contribution >= 4 is 22.8 Å². The van der Waals surface area contributed by atoms with Gasteiger partial charge in [0, 0.05) is 11.9 Å². The van der Waals surface area contributed by atoms with Crippen LogP contribution in [0.15, 0.2) is 18.3 Å². The van der Waals surface area contributed by atoms with Gasteiger partial charge in [-0.1, -0.05) is 11.6 Å². The number of nitrogens with zero attached hydrogens (tertiary/aromatic N) is 2. The topological polar surface area (TPSA) is 55.3 Å². The van der Waals surface area contributed by atoms with Crippen LogP contribution in [-0.4, -0.2) is 15.9 Å². The van der Waals surface area contributed by atoms with E-state index < -0.39 is 0 Å². The van der Waals surface area contributed by atoms with Crippen molar-refractivity contribution in [2.75, 3.05) is 12.3 Å². The summed E-state index contributed by atoms with van der Waals surface area (Å²) in [6.45, 7) is 1.04. The van der Waals surface area contributed by atoms with E-state index in [9.17, 15) is 0 Å². The van der Waals surface area contributed by atoms with Gasteiger partial charge < -0.3 is 11.1 Å². The van der Waals surface area contributed by atoms with Crippen LogP contribution < -0.4 is 11.1 Å². The second-order valence-electron chi connectivity index (χ2n) is 4.13. The van der Waals surface area contributed by atoms with Crippen LogP contribution in [0.3, 0.4) is 0 Å². The number of aromatic nitrogens is 2. The zero-order valence-electron chi connectivity index (χ0n) is 8.78. The SMILES string of the molecule is Nc1ccc2c(Cl)nc(C3CCCN3)n2c1. The lowest BCUT2D eigenvalue weighted by Gasteiger charge is -2.08. The molecule has 16 heavy (non-hydrogen) atoms. The first-order chi connectivity index (χ1) is 7.75. The van der Waals surface area contributed by atoms with Gasteiger partial charge >= 0.3 is 0 Å². The summed E-state index contributed by atoms with van der Waals surface area (Å²) in [5.74, 6) is 0.963. The highest BCUT2D eigenvalue weighted by molar-refractivity contribution is 6.32. The maximum Gasteiger partial charge on any atom is 0.155 e. The van der Waals surface area contributed by atoms with Crippen LogP contribution in [0, 0.1) is 0 Å². The molecule has 1 aliphatic heterocycles. The molecule has 1 unspecified atom stereocenters. The summed E-state index contributed by atoms with van der Waals surface area (Å²) >= 11 is 6.11. The third kappa shape index (κ3) is 1.45. The number of hydrogen-bond acceptors (Lipinski definition) is 3. The van der Waals surface area contributed by atoms with E-state index >= 15 is 0 Å². The molecule has 0 aromatic carbocycles. The first-order valence-electron chi connectivity index (χ1n) is 5.42. The normalized spacial score (nSPS) is 20.7. The Labute approximate surface area is 98.4 Å². The van der Waals surface area contributed by atoms with Crippen LogP contribution in [0.2, 0.25) is 5.15 Å². The Kier molecular flexibility index (Phi) is 2.26. The lowest BCUT2D eigenvalue weighted by atomic mass is 10.2. The quantitative estimate of drug-likeness (QED) is 0.796. The van der Waals surface area contributed by atoms with E-state index in [-0.39, 0.29) is 0 Å². The molecule has 0 bridgehead atoms. The highest BCUT2D eigenvalue weighted by atomic mass is 35.5. The van der Waals surface area contributed by atoms with E-state index in [1.807, 2.05) is 22.7 Å². The van der Waals surface area contributed by atoms with Crippen molar-refractivity contribution in [1.82, 2.24) is 14.7 Å². The predicted octanol–water partition coefficient (Wildman–Crippen LogP) is 1.99. The maximum absolute atomic E-state index is 6.11. The van der Waals surface area contributed by atoms with Gasteiger partial charge in [-0.3, -0.25) is 4.40 Å². The highest BCUT2D eigenvalue weighted by Crippen LogP contribution is 2.27. The van der Waals surface area contributed by atoms with Crippen molar-refractivity contribution in [1.29, 1.82) is 0 Å². The molecule has 84 valence electrons. The average Bonchev–Trinajstić information content (AvgIpc) is 2.86. The van der Waals surface area contributed by atoms with E-state index in [1.54, 1.807) is 0 Å². The van der Waals surface area contributed by atoms with Crippen LogP contribution >= 0.6 is 11.6 Å². The van der Waals surface area contributed by atoms with Gasteiger partial charge in [0.15, 0.2) is 5.15 Å². The van der Waals surface area contributed by atoms with Crippen molar-refractivity contribution in [2.45, 2.75) is 18.9 Å². The molecular weight excluding hydrogens is 224 g/mol. The molecule has 3 rings (SSSR count). The standard InChI is InChI=1S/C11H13ClN4/c12-10-9-4-3-7(13)6-16(9)11(15-10)8-2-1-5-14-8/h3-4,6,8,14H,1-2,5,13H2. The van der Waals surface area contributed by atoms with Crippen molar-refractivity contribution in [3.63, 3.8) is 0 Å². The molecule has 0 spiro atoms. The second-order valence-corrected chi connectivity index (χ2v) is 4.49. The van der Waals surface area contributed by atoms with E-state index in [0.29, 0.717) is 11.2 Å². The average molecular weight is 237 g/mol. The summed E-state index contributed by atoms with van der Waals surface area (Å²) in [6.07, 6.45) is 4.16. The number of rotatable bonds is 1. The van der Waals surface area contributed by atoms with Crippen molar-refractivity contribution in [2.24, 2.45) is 0 Å². The minimum absolute atomic E-state index is 0.293. The monoisotopic (exact) mass is 236 g/mol. The Morgan fingerprint density at radius 2 is 2.38 bits per heavy atom. The molecule has 4 nitrogen and oxygen atoms in total. The van der Waals surface area contributed by atoms with Crippen LogP contribution in [0.25, 0.3) is 5.52 Å². The Hall–Kier alpha value is -1.26. The van der Waals surface area contributed by atoms with Crippen LogP contribution in [0.5, 0.6) is 0 Å². The molecule has 1 atom stereocenters. The van der Waals surface area contributed by atoms with Gasteiger partial charge in [0.2, 0.25) is 0 Å². The molecule has 1 saturated heterocycles. The number of nitrogen functional groups attached to an aromatic ring is 1. The predicted molar refractivity (Wildman–Crippen MR) is 64.6 cm³/mol. The van der Waals surface area contributed by atoms with E-state index in [0.717, 1.165) is 30.0 Å². The van der Waals surface area contributed by atoms with Gasteiger partial charge in [-0.25, -0.2) is 4.98 Å². The summed E-state index contributed by atoms with van der Waals surface area (Å²) in [6, 6.07) is 4.04. The minimum atomic E-state index is 0.293. The Morgan fingerprint density at radius 3 is 3.12 bits per heavy atom. The van der Waals surface area contributed by atoms with Crippen LogP contribution in [-0.2, 0) is 0 Å². The molecule has 0 saturated carbocycles. The van der Waals surface area contributed by atoms with Crippen molar-refractivity contribution in [3.8, 4) is 0 Å². The highest BCUT2D eigenvalue weighted by Gasteiger charge is 2.22. The summed E-state index contributed by atoms with van der Waals surface area (Å²) in [5.41, 5.74) is 7.43. The Morgan fingerprint density at radius 1 is 1.50 bits per heavy atom. The van der Waals surface area contributed by atoms with E-state index in [2.05, 4.69) is 10.3 Å². The molecule has 1 aliphatic rings. The fourth-order valence-corrected chi connectivity index (χ4v) is 2.48.